The van der Waals surface area contributed by atoms with Crippen LogP contribution in [0, 0.1) is 11.8 Å². The Bertz CT molecular complexity index is 110. The van der Waals surface area contributed by atoms with Crippen LogP contribution >= 0.6 is 0 Å². The van der Waals surface area contributed by atoms with Crippen molar-refractivity contribution < 1.29 is 4.74 Å². The fourth-order valence-electron chi connectivity index (χ4n) is 2.97. The minimum absolute atomic E-state index is 0.687. The van der Waals surface area contributed by atoms with E-state index in [4.69, 9.17) is 4.74 Å². The second kappa shape index (κ2) is 1.34. The van der Waals surface area contributed by atoms with Crippen molar-refractivity contribution in [3.63, 3.8) is 0 Å². The zero-order chi connectivity index (χ0) is 5.84. The van der Waals surface area contributed by atoms with Gasteiger partial charge in [0.15, 0.2) is 0 Å². The van der Waals surface area contributed by atoms with Gasteiger partial charge in [-0.15, -0.1) is 0 Å². The average Bonchev–Trinajstić information content (AvgIpc) is 2.20. The highest BCUT2D eigenvalue weighted by Gasteiger charge is 2.48. The van der Waals surface area contributed by atoms with Gasteiger partial charge in [-0.05, 0) is 37.5 Å². The van der Waals surface area contributed by atoms with E-state index in [-0.39, 0.29) is 0 Å². The number of rotatable bonds is 0. The van der Waals surface area contributed by atoms with E-state index in [9.17, 15) is 0 Å². The molecule has 2 saturated carbocycles. The molecular formula is C8H12O. The van der Waals surface area contributed by atoms with Gasteiger partial charge < -0.3 is 4.74 Å². The lowest BCUT2D eigenvalue weighted by Gasteiger charge is -2.23. The van der Waals surface area contributed by atoms with E-state index >= 15 is 0 Å². The van der Waals surface area contributed by atoms with Crippen LogP contribution in [0.5, 0.6) is 0 Å². The van der Waals surface area contributed by atoms with Gasteiger partial charge in [-0.1, -0.05) is 0 Å². The molecule has 0 aromatic rings. The summed E-state index contributed by atoms with van der Waals surface area (Å²) in [6.45, 7) is 0. The molecule has 1 heteroatoms. The highest BCUT2D eigenvalue weighted by molar-refractivity contribution is 4.97. The first-order valence-corrected chi connectivity index (χ1v) is 4.07. The first-order valence-electron chi connectivity index (χ1n) is 4.07. The highest BCUT2D eigenvalue weighted by atomic mass is 16.5. The smallest absolute Gasteiger partial charge is 0.0610 e. The van der Waals surface area contributed by atoms with Crippen molar-refractivity contribution in [1.29, 1.82) is 0 Å². The van der Waals surface area contributed by atoms with E-state index in [1.54, 1.807) is 0 Å². The molecule has 9 heavy (non-hydrogen) atoms. The topological polar surface area (TPSA) is 9.23 Å². The third-order valence-corrected chi connectivity index (χ3v) is 3.26. The van der Waals surface area contributed by atoms with Crippen molar-refractivity contribution in [3.8, 4) is 0 Å². The first-order chi connectivity index (χ1) is 4.42. The predicted molar refractivity (Wildman–Crippen MR) is 34.1 cm³/mol. The molecule has 0 amide bonds. The summed E-state index contributed by atoms with van der Waals surface area (Å²) in [4.78, 5) is 0. The van der Waals surface area contributed by atoms with Crippen molar-refractivity contribution in [3.05, 3.63) is 0 Å². The van der Waals surface area contributed by atoms with Gasteiger partial charge in [-0.2, -0.15) is 0 Å². The van der Waals surface area contributed by atoms with E-state index in [0.29, 0.717) is 12.2 Å². The van der Waals surface area contributed by atoms with Gasteiger partial charge in [0, 0.05) is 0 Å². The molecule has 0 aromatic carbocycles. The standard InChI is InChI=1S/C8H12O/c1-5-2-7-4-6(1)8(3-5)9-7/h5-8H,1-4H2/t5-,6?,7?,8?/m0/s1. The molecule has 0 radical (unpaired) electrons. The second-order valence-corrected chi connectivity index (χ2v) is 3.87. The molecule has 50 valence electrons. The Balaban J connectivity index is 2.00. The van der Waals surface area contributed by atoms with E-state index in [1.165, 1.54) is 25.7 Å². The van der Waals surface area contributed by atoms with Crippen molar-refractivity contribution in [2.75, 3.05) is 0 Å². The van der Waals surface area contributed by atoms with Gasteiger partial charge in [0.05, 0.1) is 12.2 Å². The Morgan fingerprint density at radius 3 is 2.67 bits per heavy atom. The maximum absolute atomic E-state index is 5.75. The van der Waals surface area contributed by atoms with E-state index in [2.05, 4.69) is 0 Å². The van der Waals surface area contributed by atoms with Crippen LogP contribution in [0.2, 0.25) is 0 Å². The summed E-state index contributed by atoms with van der Waals surface area (Å²) < 4.78 is 5.75. The fraction of sp³-hybridized carbons (Fsp3) is 1.00. The van der Waals surface area contributed by atoms with Crippen LogP contribution in [0.4, 0.5) is 0 Å². The van der Waals surface area contributed by atoms with Gasteiger partial charge in [0.25, 0.3) is 0 Å². The Morgan fingerprint density at radius 1 is 1.00 bits per heavy atom. The number of hydrogen-bond acceptors (Lipinski definition) is 1. The molecule has 3 unspecified atom stereocenters. The summed E-state index contributed by atoms with van der Waals surface area (Å²) >= 11 is 0. The van der Waals surface area contributed by atoms with Crippen LogP contribution in [0.3, 0.4) is 0 Å². The SMILES string of the molecule is C1C2C[C@@H]3CC1C(C3)O2. The summed E-state index contributed by atoms with van der Waals surface area (Å²) in [5.41, 5.74) is 0. The van der Waals surface area contributed by atoms with Gasteiger partial charge >= 0.3 is 0 Å². The van der Waals surface area contributed by atoms with Crippen LogP contribution in [0.15, 0.2) is 0 Å². The molecule has 0 aromatic heterocycles. The predicted octanol–water partition coefficient (Wildman–Crippen LogP) is 1.57. The molecular weight excluding hydrogens is 112 g/mol. The summed E-state index contributed by atoms with van der Waals surface area (Å²) in [6.07, 6.45) is 7.04. The van der Waals surface area contributed by atoms with Gasteiger partial charge in [0.2, 0.25) is 0 Å². The number of hydrogen-bond donors (Lipinski definition) is 0. The van der Waals surface area contributed by atoms with Crippen LogP contribution in [-0.2, 0) is 4.74 Å². The fourth-order valence-corrected chi connectivity index (χ4v) is 2.97. The minimum atomic E-state index is 0.687. The zero-order valence-electron chi connectivity index (χ0n) is 5.55. The Hall–Kier alpha value is -0.0400. The molecule has 2 heterocycles. The Labute approximate surface area is 55.4 Å². The lowest BCUT2D eigenvalue weighted by Crippen LogP contribution is -2.20. The quantitative estimate of drug-likeness (QED) is 0.476. The summed E-state index contributed by atoms with van der Waals surface area (Å²) in [5, 5.41) is 0. The van der Waals surface area contributed by atoms with Gasteiger partial charge in [-0.25, -0.2) is 0 Å². The summed E-state index contributed by atoms with van der Waals surface area (Å²) in [5.74, 6) is 2.04. The molecule has 2 aliphatic carbocycles. The normalized spacial score (nSPS) is 61.3. The Kier molecular flexibility index (Phi) is 0.704. The maximum atomic E-state index is 5.75. The van der Waals surface area contributed by atoms with Crippen molar-refractivity contribution >= 4 is 0 Å². The maximum Gasteiger partial charge on any atom is 0.0610 e. The lowest BCUT2D eigenvalue weighted by molar-refractivity contribution is -0.00197. The minimum Gasteiger partial charge on any atom is -0.375 e. The lowest BCUT2D eigenvalue weighted by atomic mass is 9.88. The van der Waals surface area contributed by atoms with Crippen molar-refractivity contribution in [2.45, 2.75) is 37.9 Å². The monoisotopic (exact) mass is 124 g/mol. The van der Waals surface area contributed by atoms with E-state index in [1.807, 2.05) is 0 Å². The molecule has 0 N–H and O–H groups in total. The molecule has 4 atom stereocenters. The van der Waals surface area contributed by atoms with Gasteiger partial charge in [-0.3, -0.25) is 0 Å². The van der Waals surface area contributed by atoms with Crippen LogP contribution < -0.4 is 0 Å². The van der Waals surface area contributed by atoms with Gasteiger partial charge in [0.1, 0.15) is 0 Å². The number of ether oxygens (including phenoxy) is 1. The average molecular weight is 124 g/mol. The summed E-state index contributed by atoms with van der Waals surface area (Å²) in [6, 6.07) is 0. The van der Waals surface area contributed by atoms with Crippen LogP contribution in [0.25, 0.3) is 0 Å². The van der Waals surface area contributed by atoms with Crippen LogP contribution in [0.1, 0.15) is 25.7 Å². The zero-order valence-corrected chi connectivity index (χ0v) is 5.55. The summed E-state index contributed by atoms with van der Waals surface area (Å²) in [7, 11) is 0. The largest absolute Gasteiger partial charge is 0.375 e. The molecule has 4 rings (SSSR count). The molecule has 4 bridgehead atoms. The molecule has 2 saturated heterocycles. The van der Waals surface area contributed by atoms with E-state index < -0.39 is 0 Å². The molecule has 1 nitrogen and oxygen atoms in total. The Morgan fingerprint density at radius 2 is 2.00 bits per heavy atom. The van der Waals surface area contributed by atoms with Crippen molar-refractivity contribution in [2.24, 2.45) is 11.8 Å². The molecule has 0 spiro atoms. The molecule has 4 fully saturated rings. The van der Waals surface area contributed by atoms with E-state index in [0.717, 1.165) is 11.8 Å². The van der Waals surface area contributed by atoms with Crippen LogP contribution in [-0.4, -0.2) is 12.2 Å². The second-order valence-electron chi connectivity index (χ2n) is 3.87. The molecule has 2 aliphatic heterocycles. The van der Waals surface area contributed by atoms with Crippen molar-refractivity contribution in [1.82, 2.24) is 0 Å². The third kappa shape index (κ3) is 0.493. The highest BCUT2D eigenvalue weighted by Crippen LogP contribution is 2.50. The third-order valence-electron chi connectivity index (χ3n) is 3.26. The first kappa shape index (κ1) is 4.73. The molecule has 4 aliphatic rings.